The molecule has 1 rings (SSSR count). The van der Waals surface area contributed by atoms with Crippen molar-refractivity contribution >= 4 is 12.4 Å². The van der Waals surface area contributed by atoms with Crippen molar-refractivity contribution in [2.24, 2.45) is 0 Å². The van der Waals surface area contributed by atoms with Crippen molar-refractivity contribution in [3.63, 3.8) is 0 Å². The molecule has 56 valence electrons. The molecule has 1 aliphatic heterocycles. The summed E-state index contributed by atoms with van der Waals surface area (Å²) < 4.78 is 0. The summed E-state index contributed by atoms with van der Waals surface area (Å²) in [5.41, 5.74) is 0.906. The maximum absolute atomic E-state index is 8.46. The minimum atomic E-state index is 0. The van der Waals surface area contributed by atoms with Crippen LogP contribution in [0.4, 0.5) is 0 Å². The molecule has 10 heavy (non-hydrogen) atoms. The van der Waals surface area contributed by atoms with E-state index in [-0.39, 0.29) is 12.4 Å². The van der Waals surface area contributed by atoms with Gasteiger partial charge in [-0.2, -0.15) is 5.26 Å². The quantitative estimate of drug-likeness (QED) is 0.530. The van der Waals surface area contributed by atoms with Gasteiger partial charge in [0.2, 0.25) is 0 Å². The Labute approximate surface area is 67.5 Å². The third kappa shape index (κ3) is 2.38. The lowest BCUT2D eigenvalue weighted by Crippen LogP contribution is -2.24. The fourth-order valence-electron chi connectivity index (χ4n) is 0.975. The van der Waals surface area contributed by atoms with Gasteiger partial charge in [-0.15, -0.1) is 12.4 Å². The SMILES string of the molecule is CN1CCC=C(C#N)C1.Cl. The van der Waals surface area contributed by atoms with Crippen molar-refractivity contribution < 1.29 is 0 Å². The third-order valence-electron chi connectivity index (χ3n) is 1.49. The molecule has 1 heterocycles. The van der Waals surface area contributed by atoms with E-state index in [0.717, 1.165) is 25.1 Å². The van der Waals surface area contributed by atoms with Crippen LogP contribution in [0.3, 0.4) is 0 Å². The second-order valence-electron chi connectivity index (χ2n) is 2.37. The third-order valence-corrected chi connectivity index (χ3v) is 1.49. The molecule has 0 amide bonds. The van der Waals surface area contributed by atoms with Crippen molar-refractivity contribution in [3.8, 4) is 6.07 Å². The van der Waals surface area contributed by atoms with Gasteiger partial charge in [0.25, 0.3) is 0 Å². The van der Waals surface area contributed by atoms with Crippen LogP contribution in [0.2, 0.25) is 0 Å². The van der Waals surface area contributed by atoms with E-state index in [2.05, 4.69) is 11.0 Å². The van der Waals surface area contributed by atoms with E-state index in [1.807, 2.05) is 13.1 Å². The average Bonchev–Trinajstić information content (AvgIpc) is 1.88. The number of rotatable bonds is 0. The van der Waals surface area contributed by atoms with Gasteiger partial charge in [0.05, 0.1) is 6.07 Å². The molecular formula is C7H11ClN2. The summed E-state index contributed by atoms with van der Waals surface area (Å²) in [6.07, 6.45) is 3.04. The van der Waals surface area contributed by atoms with Crippen molar-refractivity contribution in [1.82, 2.24) is 4.90 Å². The predicted octanol–water partition coefficient (Wildman–Crippen LogP) is 1.19. The molecule has 0 saturated heterocycles. The minimum Gasteiger partial charge on any atom is -0.301 e. The van der Waals surface area contributed by atoms with Crippen molar-refractivity contribution in [2.75, 3.05) is 20.1 Å². The Morgan fingerprint density at radius 3 is 2.80 bits per heavy atom. The zero-order valence-electron chi connectivity index (χ0n) is 6.00. The molecule has 1 aliphatic rings. The Hall–Kier alpha value is -0.520. The van der Waals surface area contributed by atoms with Crippen LogP contribution in [-0.4, -0.2) is 25.0 Å². The molecule has 3 heteroatoms. The monoisotopic (exact) mass is 158 g/mol. The molecule has 0 unspecified atom stereocenters. The number of likely N-dealkylation sites (N-methyl/N-ethyl adjacent to an activating group) is 1. The predicted molar refractivity (Wildman–Crippen MR) is 43.1 cm³/mol. The number of halogens is 1. The number of hydrogen-bond donors (Lipinski definition) is 0. The summed E-state index contributed by atoms with van der Waals surface area (Å²) in [7, 11) is 2.03. The highest BCUT2D eigenvalue weighted by molar-refractivity contribution is 5.85. The van der Waals surface area contributed by atoms with Crippen LogP contribution in [0.1, 0.15) is 6.42 Å². The summed E-state index contributed by atoms with van der Waals surface area (Å²) >= 11 is 0. The highest BCUT2D eigenvalue weighted by Crippen LogP contribution is 2.05. The lowest BCUT2D eigenvalue weighted by Gasteiger charge is -2.18. The van der Waals surface area contributed by atoms with Crippen molar-refractivity contribution in [1.29, 1.82) is 5.26 Å². The van der Waals surface area contributed by atoms with E-state index in [9.17, 15) is 0 Å². The Morgan fingerprint density at radius 2 is 2.40 bits per heavy atom. The summed E-state index contributed by atoms with van der Waals surface area (Å²) in [5, 5.41) is 8.46. The van der Waals surface area contributed by atoms with Gasteiger partial charge in [-0.1, -0.05) is 6.08 Å². The summed E-state index contributed by atoms with van der Waals surface area (Å²) in [4.78, 5) is 2.15. The Morgan fingerprint density at radius 1 is 1.70 bits per heavy atom. The van der Waals surface area contributed by atoms with Crippen LogP contribution >= 0.6 is 12.4 Å². The van der Waals surface area contributed by atoms with E-state index >= 15 is 0 Å². The van der Waals surface area contributed by atoms with Gasteiger partial charge >= 0.3 is 0 Å². The van der Waals surface area contributed by atoms with Gasteiger partial charge in [-0.25, -0.2) is 0 Å². The molecule has 0 radical (unpaired) electrons. The Kier molecular flexibility index (Phi) is 4.10. The fraction of sp³-hybridized carbons (Fsp3) is 0.571. The minimum absolute atomic E-state index is 0. The van der Waals surface area contributed by atoms with Crippen LogP contribution in [0, 0.1) is 11.3 Å². The van der Waals surface area contributed by atoms with Crippen LogP contribution < -0.4 is 0 Å². The van der Waals surface area contributed by atoms with E-state index in [1.54, 1.807) is 0 Å². The highest BCUT2D eigenvalue weighted by Gasteiger charge is 2.05. The molecule has 0 fully saturated rings. The molecule has 2 nitrogen and oxygen atoms in total. The second kappa shape index (κ2) is 4.32. The summed E-state index contributed by atoms with van der Waals surface area (Å²) in [6, 6.07) is 2.15. The Balaban J connectivity index is 0.000000810. The van der Waals surface area contributed by atoms with Crippen LogP contribution in [-0.2, 0) is 0 Å². The average molecular weight is 159 g/mol. The maximum atomic E-state index is 8.46. The zero-order chi connectivity index (χ0) is 6.69. The number of nitriles is 1. The summed E-state index contributed by atoms with van der Waals surface area (Å²) in [5.74, 6) is 0. The maximum Gasteiger partial charge on any atom is 0.0957 e. The van der Waals surface area contributed by atoms with Gasteiger partial charge in [0, 0.05) is 18.7 Å². The van der Waals surface area contributed by atoms with Crippen molar-refractivity contribution in [3.05, 3.63) is 11.6 Å². The molecule has 0 aromatic rings. The summed E-state index contributed by atoms with van der Waals surface area (Å²) in [6.45, 7) is 1.92. The van der Waals surface area contributed by atoms with Crippen molar-refractivity contribution in [2.45, 2.75) is 6.42 Å². The van der Waals surface area contributed by atoms with Gasteiger partial charge < -0.3 is 4.90 Å². The molecule has 0 saturated carbocycles. The number of nitrogens with zero attached hydrogens (tertiary/aromatic N) is 2. The van der Waals surface area contributed by atoms with E-state index in [1.165, 1.54) is 0 Å². The van der Waals surface area contributed by atoms with Crippen LogP contribution in [0.25, 0.3) is 0 Å². The second-order valence-corrected chi connectivity index (χ2v) is 2.37. The molecule has 0 aromatic carbocycles. The zero-order valence-corrected chi connectivity index (χ0v) is 6.82. The molecule has 0 atom stereocenters. The topological polar surface area (TPSA) is 27.0 Å². The highest BCUT2D eigenvalue weighted by atomic mass is 35.5. The fourth-order valence-corrected chi connectivity index (χ4v) is 0.975. The molecule has 0 bridgehead atoms. The molecule has 0 spiro atoms. The van der Waals surface area contributed by atoms with E-state index in [0.29, 0.717) is 0 Å². The first kappa shape index (κ1) is 9.48. The van der Waals surface area contributed by atoms with Crippen LogP contribution in [0.5, 0.6) is 0 Å². The lowest BCUT2D eigenvalue weighted by molar-refractivity contribution is 0.359. The van der Waals surface area contributed by atoms with Gasteiger partial charge in [-0.05, 0) is 13.5 Å². The standard InChI is InChI=1S/C7H10N2.ClH/c1-9-4-2-3-7(5-8)6-9;/h3H,2,4,6H2,1H3;1H. The first-order valence-corrected chi connectivity index (χ1v) is 3.10. The lowest BCUT2D eigenvalue weighted by atomic mass is 10.1. The normalized spacial score (nSPS) is 18.6. The van der Waals surface area contributed by atoms with E-state index < -0.39 is 0 Å². The molecule has 0 aromatic heterocycles. The molecular weight excluding hydrogens is 148 g/mol. The Bertz CT molecular complexity index is 169. The first-order valence-electron chi connectivity index (χ1n) is 3.10. The van der Waals surface area contributed by atoms with Gasteiger partial charge in [0.15, 0.2) is 0 Å². The smallest absolute Gasteiger partial charge is 0.0957 e. The molecule has 0 aliphatic carbocycles. The van der Waals surface area contributed by atoms with Gasteiger partial charge in [-0.3, -0.25) is 0 Å². The first-order chi connectivity index (χ1) is 4.33. The van der Waals surface area contributed by atoms with E-state index in [4.69, 9.17) is 5.26 Å². The van der Waals surface area contributed by atoms with Crippen LogP contribution in [0.15, 0.2) is 11.6 Å². The number of hydrogen-bond acceptors (Lipinski definition) is 2. The van der Waals surface area contributed by atoms with Gasteiger partial charge in [0.1, 0.15) is 0 Å². The largest absolute Gasteiger partial charge is 0.301 e. The molecule has 0 N–H and O–H groups in total.